The molecular weight excluding hydrogens is 427 g/mol. The number of nitriles is 1. The van der Waals surface area contributed by atoms with Gasteiger partial charge in [0.15, 0.2) is 5.69 Å². The maximum Gasteiger partial charge on any atom is 0.359 e. The van der Waals surface area contributed by atoms with Gasteiger partial charge in [-0.2, -0.15) is 5.26 Å². The zero-order chi connectivity index (χ0) is 23.7. The first-order chi connectivity index (χ1) is 15.8. The zero-order valence-corrected chi connectivity index (χ0v) is 18.4. The molecule has 0 spiro atoms. The van der Waals surface area contributed by atoms with Crippen molar-refractivity contribution in [3.8, 4) is 6.07 Å². The Labute approximate surface area is 189 Å². The van der Waals surface area contributed by atoms with Crippen LogP contribution in [-0.2, 0) is 7.05 Å². The fourth-order valence-corrected chi connectivity index (χ4v) is 4.55. The number of fused-ring (bicyclic) bond motifs is 1. The van der Waals surface area contributed by atoms with Crippen molar-refractivity contribution in [2.24, 2.45) is 7.05 Å². The van der Waals surface area contributed by atoms with Gasteiger partial charge in [-0.3, -0.25) is 19.8 Å². The third-order valence-corrected chi connectivity index (χ3v) is 6.20. The summed E-state index contributed by atoms with van der Waals surface area (Å²) >= 11 is 0. The van der Waals surface area contributed by atoms with Crippen molar-refractivity contribution < 1.29 is 9.31 Å². The lowest BCUT2D eigenvalue weighted by molar-refractivity contribution is -0.385. The van der Waals surface area contributed by atoms with E-state index >= 15 is 0 Å². The van der Waals surface area contributed by atoms with Crippen molar-refractivity contribution in [1.29, 1.82) is 5.26 Å². The highest BCUT2D eigenvalue weighted by Crippen LogP contribution is 2.34. The highest BCUT2D eigenvalue weighted by atomic mass is 19.1. The van der Waals surface area contributed by atoms with Gasteiger partial charge in [-0.1, -0.05) is 19.1 Å². The number of nitro groups is 1. The number of hydrogen-bond acceptors (Lipinski definition) is 7. The van der Waals surface area contributed by atoms with Gasteiger partial charge in [0.1, 0.15) is 23.1 Å². The molecule has 9 nitrogen and oxygen atoms in total. The minimum atomic E-state index is -0.714. The zero-order valence-electron chi connectivity index (χ0n) is 18.4. The molecule has 0 radical (unpaired) electrons. The molecule has 0 bridgehead atoms. The molecule has 1 atom stereocenters. The summed E-state index contributed by atoms with van der Waals surface area (Å²) in [5.74, 6) is -0.285. The molecule has 3 aromatic rings. The smallest absolute Gasteiger partial charge is 0.359 e. The summed E-state index contributed by atoms with van der Waals surface area (Å²) in [7, 11) is 1.46. The fraction of sp³-hybridized carbons (Fsp3) is 0.348. The van der Waals surface area contributed by atoms with Gasteiger partial charge in [-0.25, -0.2) is 9.37 Å². The largest absolute Gasteiger partial charge is 0.361 e. The first kappa shape index (κ1) is 22.4. The van der Waals surface area contributed by atoms with Crippen molar-refractivity contribution in [1.82, 2.24) is 14.5 Å². The summed E-state index contributed by atoms with van der Waals surface area (Å²) < 4.78 is 14.5. The maximum atomic E-state index is 13.4. The van der Waals surface area contributed by atoms with Gasteiger partial charge in [-0.05, 0) is 36.2 Å². The highest BCUT2D eigenvalue weighted by Gasteiger charge is 2.33. The van der Waals surface area contributed by atoms with Gasteiger partial charge in [0.2, 0.25) is 0 Å². The van der Waals surface area contributed by atoms with Crippen LogP contribution in [0.2, 0.25) is 0 Å². The van der Waals surface area contributed by atoms with E-state index in [1.165, 1.54) is 29.8 Å². The van der Waals surface area contributed by atoms with E-state index in [4.69, 9.17) is 0 Å². The predicted octanol–water partition coefficient (Wildman–Crippen LogP) is 3.13. The molecule has 0 saturated carbocycles. The normalized spacial score (nSPS) is 15.4. The Morgan fingerprint density at radius 1 is 1.18 bits per heavy atom. The van der Waals surface area contributed by atoms with E-state index in [1.807, 2.05) is 11.0 Å². The molecule has 0 amide bonds. The number of anilines is 1. The molecule has 33 heavy (non-hydrogen) atoms. The van der Waals surface area contributed by atoms with Gasteiger partial charge in [-0.15, -0.1) is 0 Å². The Morgan fingerprint density at radius 3 is 2.42 bits per heavy atom. The number of pyridine rings is 2. The maximum absolute atomic E-state index is 13.4. The van der Waals surface area contributed by atoms with E-state index in [0.29, 0.717) is 31.7 Å². The first-order valence-corrected chi connectivity index (χ1v) is 10.7. The van der Waals surface area contributed by atoms with E-state index < -0.39 is 16.2 Å². The molecule has 1 fully saturated rings. The van der Waals surface area contributed by atoms with Gasteiger partial charge in [0.25, 0.3) is 0 Å². The minimum absolute atomic E-state index is 0.0893. The van der Waals surface area contributed by atoms with Gasteiger partial charge in [0, 0.05) is 39.3 Å². The summed E-state index contributed by atoms with van der Waals surface area (Å²) in [5, 5.41) is 21.2. The molecule has 2 aromatic heterocycles. The lowest BCUT2D eigenvalue weighted by atomic mass is 10.0. The quantitative estimate of drug-likeness (QED) is 0.434. The Balaban J connectivity index is 1.72. The van der Waals surface area contributed by atoms with Crippen LogP contribution in [0.15, 0.2) is 41.2 Å². The van der Waals surface area contributed by atoms with Crippen molar-refractivity contribution in [3.63, 3.8) is 0 Å². The standard InChI is InChI=1S/C23H23FN6O3/c1-3-18(15-4-6-16(24)7-5-15)28-10-12-29(13-11-28)21-20-19(9-8-17(14-25)26-20)27(2)23(31)22(21)30(32)33/h4-9,18H,3,10-13H2,1-2H3. The summed E-state index contributed by atoms with van der Waals surface area (Å²) in [5.41, 5.74) is 0.738. The number of aromatic nitrogens is 2. The van der Waals surface area contributed by atoms with E-state index in [2.05, 4.69) is 16.8 Å². The van der Waals surface area contributed by atoms with Gasteiger partial charge < -0.3 is 9.47 Å². The van der Waals surface area contributed by atoms with Crippen LogP contribution in [0.5, 0.6) is 0 Å². The van der Waals surface area contributed by atoms with Crippen LogP contribution in [0, 0.1) is 27.3 Å². The average Bonchev–Trinajstić information content (AvgIpc) is 2.82. The molecule has 1 aliphatic heterocycles. The topological polar surface area (TPSA) is 108 Å². The number of piperazine rings is 1. The van der Waals surface area contributed by atoms with Crippen LogP contribution in [0.4, 0.5) is 15.8 Å². The number of halogens is 1. The number of hydrogen-bond donors (Lipinski definition) is 0. The van der Waals surface area contributed by atoms with Crippen LogP contribution in [-0.4, -0.2) is 45.6 Å². The summed E-state index contributed by atoms with van der Waals surface area (Å²) in [6.45, 7) is 4.15. The SMILES string of the molecule is CCC(c1ccc(F)cc1)N1CCN(c2c([N+](=O)[O-])c(=O)n(C)c3ccc(C#N)nc23)CC1. The molecule has 0 N–H and O–H groups in total. The molecule has 0 aliphatic carbocycles. The Hall–Kier alpha value is -3.84. The number of benzene rings is 1. The van der Waals surface area contributed by atoms with Crippen LogP contribution in [0.3, 0.4) is 0 Å². The van der Waals surface area contributed by atoms with Crippen molar-refractivity contribution in [2.45, 2.75) is 19.4 Å². The van der Waals surface area contributed by atoms with Crippen molar-refractivity contribution >= 4 is 22.4 Å². The minimum Gasteiger partial charge on any atom is -0.361 e. The number of rotatable bonds is 5. The monoisotopic (exact) mass is 450 g/mol. The van der Waals surface area contributed by atoms with E-state index in [1.54, 1.807) is 18.2 Å². The average molecular weight is 450 g/mol. The molecule has 1 unspecified atom stereocenters. The van der Waals surface area contributed by atoms with Crippen molar-refractivity contribution in [3.05, 3.63) is 73.9 Å². The summed E-state index contributed by atoms with van der Waals surface area (Å²) in [6, 6.07) is 11.6. The van der Waals surface area contributed by atoms with Crippen molar-refractivity contribution in [2.75, 3.05) is 31.1 Å². The predicted molar refractivity (Wildman–Crippen MR) is 122 cm³/mol. The molecule has 3 heterocycles. The van der Waals surface area contributed by atoms with E-state index in [0.717, 1.165) is 12.0 Å². The summed E-state index contributed by atoms with van der Waals surface area (Å²) in [6.07, 6.45) is 0.827. The Morgan fingerprint density at radius 2 is 1.85 bits per heavy atom. The van der Waals surface area contributed by atoms with Crippen LogP contribution < -0.4 is 10.5 Å². The molecule has 1 saturated heterocycles. The van der Waals surface area contributed by atoms with Crippen LogP contribution in [0.1, 0.15) is 30.6 Å². The Kier molecular flexibility index (Phi) is 6.07. The third kappa shape index (κ3) is 4.03. The molecule has 10 heteroatoms. The van der Waals surface area contributed by atoms with Crippen LogP contribution in [0.25, 0.3) is 11.0 Å². The van der Waals surface area contributed by atoms with E-state index in [-0.39, 0.29) is 28.8 Å². The fourth-order valence-electron chi connectivity index (χ4n) is 4.55. The highest BCUT2D eigenvalue weighted by molar-refractivity contribution is 5.94. The number of nitrogens with zero attached hydrogens (tertiary/aromatic N) is 6. The van der Waals surface area contributed by atoms with Gasteiger partial charge in [0.05, 0.1) is 10.4 Å². The second-order valence-corrected chi connectivity index (χ2v) is 7.99. The summed E-state index contributed by atoms with van der Waals surface area (Å²) in [4.78, 5) is 32.5. The van der Waals surface area contributed by atoms with E-state index in [9.17, 15) is 24.6 Å². The molecule has 1 aliphatic rings. The third-order valence-electron chi connectivity index (χ3n) is 6.20. The number of aryl methyl sites for hydroxylation is 1. The second kappa shape index (κ2) is 8.96. The molecule has 1 aromatic carbocycles. The molecule has 4 rings (SSSR count). The molecular formula is C23H23FN6O3. The lowest BCUT2D eigenvalue weighted by Gasteiger charge is -2.40. The Bertz CT molecular complexity index is 1310. The van der Waals surface area contributed by atoms with Crippen LogP contribution >= 0.6 is 0 Å². The molecule has 170 valence electrons. The first-order valence-electron chi connectivity index (χ1n) is 10.7. The van der Waals surface area contributed by atoms with Gasteiger partial charge >= 0.3 is 11.2 Å². The second-order valence-electron chi connectivity index (χ2n) is 7.99. The lowest BCUT2D eigenvalue weighted by Crippen LogP contribution is -2.48.